The lowest BCUT2D eigenvalue weighted by molar-refractivity contribution is -0.316. The smallest absolute Gasteiger partial charge is 0.332 e. The molecule has 0 saturated carbocycles. The molecule has 8 heteroatoms. The summed E-state index contributed by atoms with van der Waals surface area (Å²) in [7, 11) is 0. The van der Waals surface area contributed by atoms with E-state index in [4.69, 9.17) is 0 Å². The van der Waals surface area contributed by atoms with E-state index in [1.165, 1.54) is 27.7 Å². The first-order valence-electron chi connectivity index (χ1n) is 5.54. The summed E-state index contributed by atoms with van der Waals surface area (Å²) in [6.07, 6.45) is -6.70. The highest BCUT2D eigenvalue weighted by Gasteiger charge is 2.67. The summed E-state index contributed by atoms with van der Waals surface area (Å²) in [6.45, 7) is 6.10. The monoisotopic (exact) mass is 273 g/mol. The highest BCUT2D eigenvalue weighted by Crippen LogP contribution is 2.43. The third-order valence-electron chi connectivity index (χ3n) is 2.68. The Hall–Kier alpha value is -1.08. The summed E-state index contributed by atoms with van der Waals surface area (Å²) in [4.78, 5) is 0.924. The molecule has 0 aromatic rings. The second-order valence-electron chi connectivity index (χ2n) is 4.74. The molecular formula is C10H16F5N3. The van der Waals surface area contributed by atoms with Crippen LogP contribution in [0.25, 0.3) is 0 Å². The maximum absolute atomic E-state index is 13.6. The molecule has 0 fully saturated rings. The van der Waals surface area contributed by atoms with E-state index in [1.54, 1.807) is 0 Å². The maximum atomic E-state index is 13.6. The molecule has 0 aromatic heterocycles. The Morgan fingerprint density at radius 2 is 1.50 bits per heavy atom. The van der Waals surface area contributed by atoms with Crippen LogP contribution in [-0.2, 0) is 0 Å². The van der Waals surface area contributed by atoms with E-state index in [-0.39, 0.29) is 0 Å². The van der Waals surface area contributed by atoms with Crippen molar-refractivity contribution >= 4 is 6.34 Å². The van der Waals surface area contributed by atoms with Gasteiger partial charge in [-0.25, -0.2) is 0 Å². The number of hydrazone groups is 1. The van der Waals surface area contributed by atoms with Gasteiger partial charge in [0, 0.05) is 12.1 Å². The zero-order valence-corrected chi connectivity index (χ0v) is 10.5. The van der Waals surface area contributed by atoms with Crippen LogP contribution in [0.5, 0.6) is 0 Å². The maximum Gasteiger partial charge on any atom is 0.457 e. The molecule has 0 N–H and O–H groups in total. The normalized spacial score (nSPS) is 21.6. The van der Waals surface area contributed by atoms with Crippen LogP contribution in [0.4, 0.5) is 22.0 Å². The molecule has 0 spiro atoms. The van der Waals surface area contributed by atoms with Crippen molar-refractivity contribution in [2.75, 3.05) is 0 Å². The van der Waals surface area contributed by atoms with E-state index in [2.05, 4.69) is 5.10 Å². The van der Waals surface area contributed by atoms with Gasteiger partial charge in [-0.2, -0.15) is 27.1 Å². The van der Waals surface area contributed by atoms with Crippen LogP contribution in [0.3, 0.4) is 0 Å². The highest BCUT2D eigenvalue weighted by molar-refractivity contribution is 5.58. The number of rotatable bonds is 3. The van der Waals surface area contributed by atoms with E-state index in [9.17, 15) is 22.0 Å². The Kier molecular flexibility index (Phi) is 3.78. The number of alkyl halides is 5. The Morgan fingerprint density at radius 1 is 1.00 bits per heavy atom. The molecule has 1 aliphatic heterocycles. The van der Waals surface area contributed by atoms with Gasteiger partial charge >= 0.3 is 12.1 Å². The van der Waals surface area contributed by atoms with Crippen LogP contribution in [-0.4, -0.2) is 46.6 Å². The van der Waals surface area contributed by atoms with Crippen LogP contribution in [0.2, 0.25) is 0 Å². The molecule has 0 aromatic carbocycles. The third-order valence-corrected chi connectivity index (χ3v) is 2.68. The molecule has 1 rings (SSSR count). The summed E-state index contributed by atoms with van der Waals surface area (Å²) in [5, 5.41) is 4.44. The largest absolute Gasteiger partial charge is 0.457 e. The van der Waals surface area contributed by atoms with Crippen molar-refractivity contribution in [2.24, 2.45) is 5.10 Å². The molecule has 106 valence electrons. The Labute approximate surface area is 102 Å². The summed E-state index contributed by atoms with van der Waals surface area (Å²) >= 11 is 0. The third kappa shape index (κ3) is 2.37. The molecule has 0 radical (unpaired) electrons. The first kappa shape index (κ1) is 15.0. The lowest BCUT2D eigenvalue weighted by Gasteiger charge is -2.39. The van der Waals surface area contributed by atoms with E-state index in [0.717, 1.165) is 16.2 Å². The molecule has 0 bridgehead atoms. The molecular weight excluding hydrogens is 257 g/mol. The van der Waals surface area contributed by atoms with Gasteiger partial charge in [-0.15, -0.1) is 0 Å². The zero-order chi connectivity index (χ0) is 14.3. The SMILES string of the molecule is CC(C)N1C=NN(C(C)C)C1C(F)(F)C(F)(F)F. The van der Waals surface area contributed by atoms with Gasteiger partial charge in [0.2, 0.25) is 0 Å². The first-order valence-corrected chi connectivity index (χ1v) is 5.54. The zero-order valence-electron chi connectivity index (χ0n) is 10.5. The Bertz CT molecular complexity index is 306. The predicted molar refractivity (Wildman–Crippen MR) is 57.2 cm³/mol. The molecule has 18 heavy (non-hydrogen) atoms. The number of hydrogen-bond acceptors (Lipinski definition) is 3. The fraction of sp³-hybridized carbons (Fsp3) is 0.900. The van der Waals surface area contributed by atoms with Crippen molar-refractivity contribution in [3.8, 4) is 0 Å². The van der Waals surface area contributed by atoms with E-state index >= 15 is 0 Å². The predicted octanol–water partition coefficient (Wildman–Crippen LogP) is 2.89. The second kappa shape index (κ2) is 4.55. The summed E-state index contributed by atoms with van der Waals surface area (Å²) in [5.74, 6) is -4.85. The molecule has 1 unspecified atom stereocenters. The van der Waals surface area contributed by atoms with Crippen LogP contribution >= 0.6 is 0 Å². The number of nitrogens with zero attached hydrogens (tertiary/aromatic N) is 3. The van der Waals surface area contributed by atoms with Crippen molar-refractivity contribution < 1.29 is 22.0 Å². The fourth-order valence-electron chi connectivity index (χ4n) is 1.71. The van der Waals surface area contributed by atoms with Gasteiger partial charge in [0.25, 0.3) is 0 Å². The molecule has 1 heterocycles. The number of hydrogen-bond donors (Lipinski definition) is 0. The van der Waals surface area contributed by atoms with Crippen LogP contribution in [0, 0.1) is 0 Å². The minimum atomic E-state index is -5.61. The van der Waals surface area contributed by atoms with Crippen LogP contribution < -0.4 is 0 Å². The molecule has 0 saturated heterocycles. The topological polar surface area (TPSA) is 18.8 Å². The molecule has 1 aliphatic rings. The standard InChI is InChI=1S/C10H16F5N3/c1-6(2)17-5-16-18(7(3)4)8(17)9(11,12)10(13,14)15/h5-8H,1-4H3. The molecule has 3 nitrogen and oxygen atoms in total. The van der Waals surface area contributed by atoms with Crippen molar-refractivity contribution in [1.82, 2.24) is 9.91 Å². The van der Waals surface area contributed by atoms with Gasteiger partial charge < -0.3 is 4.90 Å². The minimum Gasteiger partial charge on any atom is -0.332 e. The average Bonchev–Trinajstić information content (AvgIpc) is 2.59. The quantitative estimate of drug-likeness (QED) is 0.736. The lowest BCUT2D eigenvalue weighted by atomic mass is 10.1. The Morgan fingerprint density at radius 3 is 1.83 bits per heavy atom. The van der Waals surface area contributed by atoms with Crippen LogP contribution in [0.15, 0.2) is 5.10 Å². The summed E-state index contributed by atoms with van der Waals surface area (Å²) < 4.78 is 64.6. The first-order chi connectivity index (χ1) is 8.00. The molecule has 1 atom stereocenters. The van der Waals surface area contributed by atoms with Gasteiger partial charge in [-0.3, -0.25) is 5.01 Å². The highest BCUT2D eigenvalue weighted by atomic mass is 19.4. The molecule has 0 aliphatic carbocycles. The summed E-state index contributed by atoms with van der Waals surface area (Å²) in [6, 6.07) is -1.06. The van der Waals surface area contributed by atoms with Crippen molar-refractivity contribution in [2.45, 2.75) is 58.0 Å². The van der Waals surface area contributed by atoms with E-state index in [1.807, 2.05) is 0 Å². The van der Waals surface area contributed by atoms with E-state index < -0.39 is 30.3 Å². The van der Waals surface area contributed by atoms with Crippen molar-refractivity contribution in [3.05, 3.63) is 0 Å². The molecule has 0 amide bonds. The Balaban J connectivity index is 3.14. The van der Waals surface area contributed by atoms with Gasteiger partial charge in [-0.1, -0.05) is 0 Å². The van der Waals surface area contributed by atoms with Gasteiger partial charge in [0.15, 0.2) is 6.17 Å². The van der Waals surface area contributed by atoms with Crippen LogP contribution in [0.1, 0.15) is 27.7 Å². The fourth-order valence-corrected chi connectivity index (χ4v) is 1.71. The van der Waals surface area contributed by atoms with E-state index in [0.29, 0.717) is 0 Å². The van der Waals surface area contributed by atoms with Crippen molar-refractivity contribution in [1.29, 1.82) is 0 Å². The van der Waals surface area contributed by atoms with Gasteiger partial charge in [-0.05, 0) is 27.7 Å². The summed E-state index contributed by atoms with van der Waals surface area (Å²) in [5.41, 5.74) is 0. The van der Waals surface area contributed by atoms with Crippen molar-refractivity contribution in [3.63, 3.8) is 0 Å². The average molecular weight is 273 g/mol. The van der Waals surface area contributed by atoms with Gasteiger partial charge in [0.05, 0.1) is 0 Å². The number of halogens is 5. The minimum absolute atomic E-state index is 0.504. The second-order valence-corrected chi connectivity index (χ2v) is 4.74. The lowest BCUT2D eigenvalue weighted by Crippen LogP contribution is -2.61. The van der Waals surface area contributed by atoms with Gasteiger partial charge in [0.1, 0.15) is 6.34 Å².